The molecule has 0 atom stereocenters. The first kappa shape index (κ1) is 23.9. The third kappa shape index (κ3) is 7.44. The van der Waals surface area contributed by atoms with E-state index in [0.717, 1.165) is 18.1 Å². The average Bonchev–Trinajstić information content (AvgIpc) is 2.71. The molecule has 2 aromatic carbocycles. The standard InChI is InChI=1S/C22H32N4O3S/c1-5-23-22(25-16-20-9-6-17(2)14-18(20)3)24-15-19-7-10-21(11-8-19)30(27,28)26-12-13-29-4/h6-11,14,26H,5,12-13,15-16H2,1-4H3,(H2,23,24,25). The molecule has 2 aromatic rings. The minimum absolute atomic E-state index is 0.228. The summed E-state index contributed by atoms with van der Waals surface area (Å²) in [5.74, 6) is 0.718. The molecule has 0 aliphatic rings. The molecule has 164 valence electrons. The minimum Gasteiger partial charge on any atom is -0.383 e. The summed E-state index contributed by atoms with van der Waals surface area (Å²) in [7, 11) is -2.00. The number of ether oxygens (including phenoxy) is 1. The second-order valence-corrected chi connectivity index (χ2v) is 8.78. The van der Waals surface area contributed by atoms with E-state index < -0.39 is 10.0 Å². The van der Waals surface area contributed by atoms with Gasteiger partial charge >= 0.3 is 0 Å². The topological polar surface area (TPSA) is 91.8 Å². The van der Waals surface area contributed by atoms with E-state index >= 15 is 0 Å². The summed E-state index contributed by atoms with van der Waals surface area (Å²) < 4.78 is 31.8. The third-order valence-corrected chi connectivity index (χ3v) is 6.02. The average molecular weight is 433 g/mol. The summed E-state index contributed by atoms with van der Waals surface area (Å²) in [5, 5.41) is 6.59. The Hall–Kier alpha value is -2.42. The highest BCUT2D eigenvalue weighted by atomic mass is 32.2. The van der Waals surface area contributed by atoms with E-state index in [1.165, 1.54) is 23.8 Å². The molecule has 30 heavy (non-hydrogen) atoms. The van der Waals surface area contributed by atoms with Crippen LogP contribution in [0.1, 0.15) is 29.2 Å². The maximum atomic E-state index is 12.2. The molecule has 0 spiro atoms. The predicted molar refractivity (Wildman–Crippen MR) is 121 cm³/mol. The number of hydrogen-bond donors (Lipinski definition) is 3. The second-order valence-electron chi connectivity index (χ2n) is 7.01. The maximum Gasteiger partial charge on any atom is 0.240 e. The van der Waals surface area contributed by atoms with Crippen molar-refractivity contribution in [2.24, 2.45) is 4.99 Å². The van der Waals surface area contributed by atoms with Crippen molar-refractivity contribution in [3.63, 3.8) is 0 Å². The molecule has 0 amide bonds. The SMILES string of the molecule is CCNC(=NCc1ccc(S(=O)(=O)NCCOC)cc1)NCc1ccc(C)cc1C. The molecule has 0 aliphatic heterocycles. The second kappa shape index (κ2) is 11.7. The number of guanidine groups is 1. The van der Waals surface area contributed by atoms with Gasteiger partial charge in [-0.3, -0.25) is 0 Å². The zero-order chi connectivity index (χ0) is 22.0. The van der Waals surface area contributed by atoms with Crippen LogP contribution in [0.3, 0.4) is 0 Å². The van der Waals surface area contributed by atoms with E-state index in [1.807, 2.05) is 6.92 Å². The lowest BCUT2D eigenvalue weighted by Gasteiger charge is -2.13. The van der Waals surface area contributed by atoms with Crippen LogP contribution in [0.2, 0.25) is 0 Å². The fraction of sp³-hybridized carbons (Fsp3) is 0.409. The van der Waals surface area contributed by atoms with Crippen LogP contribution in [0.15, 0.2) is 52.4 Å². The van der Waals surface area contributed by atoms with Crippen molar-refractivity contribution in [2.75, 3.05) is 26.8 Å². The van der Waals surface area contributed by atoms with Gasteiger partial charge in [0.1, 0.15) is 0 Å². The number of methoxy groups -OCH3 is 1. The molecule has 0 unspecified atom stereocenters. The van der Waals surface area contributed by atoms with Gasteiger partial charge < -0.3 is 15.4 Å². The van der Waals surface area contributed by atoms with E-state index in [4.69, 9.17) is 4.74 Å². The smallest absolute Gasteiger partial charge is 0.240 e. The first-order valence-electron chi connectivity index (χ1n) is 10.0. The quantitative estimate of drug-likeness (QED) is 0.305. The number of sulfonamides is 1. The highest BCUT2D eigenvalue weighted by molar-refractivity contribution is 7.89. The van der Waals surface area contributed by atoms with Crippen LogP contribution in [-0.4, -0.2) is 41.2 Å². The van der Waals surface area contributed by atoms with Gasteiger partial charge in [0, 0.05) is 26.7 Å². The highest BCUT2D eigenvalue weighted by Crippen LogP contribution is 2.12. The molecule has 3 N–H and O–H groups in total. The van der Waals surface area contributed by atoms with Crippen molar-refractivity contribution in [2.45, 2.75) is 38.8 Å². The van der Waals surface area contributed by atoms with Gasteiger partial charge in [-0.05, 0) is 49.6 Å². The molecular formula is C22H32N4O3S. The molecular weight excluding hydrogens is 400 g/mol. The summed E-state index contributed by atoms with van der Waals surface area (Å²) in [5.41, 5.74) is 4.64. The number of hydrogen-bond acceptors (Lipinski definition) is 4. The van der Waals surface area contributed by atoms with Crippen LogP contribution < -0.4 is 15.4 Å². The van der Waals surface area contributed by atoms with Crippen LogP contribution in [0.4, 0.5) is 0 Å². The molecule has 0 aliphatic carbocycles. The van der Waals surface area contributed by atoms with Gasteiger partial charge in [-0.25, -0.2) is 18.1 Å². The molecule has 0 fully saturated rings. The molecule has 0 aromatic heterocycles. The van der Waals surface area contributed by atoms with Crippen LogP contribution in [0.5, 0.6) is 0 Å². The van der Waals surface area contributed by atoms with Gasteiger partial charge in [0.05, 0.1) is 18.0 Å². The van der Waals surface area contributed by atoms with Crippen LogP contribution in [0, 0.1) is 13.8 Å². The van der Waals surface area contributed by atoms with Gasteiger partial charge in [-0.15, -0.1) is 0 Å². The van der Waals surface area contributed by atoms with E-state index in [1.54, 1.807) is 24.3 Å². The Morgan fingerprint density at radius 3 is 2.43 bits per heavy atom. The number of aliphatic imine (C=N–C) groups is 1. The summed E-state index contributed by atoms with van der Waals surface area (Å²) in [6, 6.07) is 13.1. The molecule has 2 rings (SSSR count). The first-order valence-corrected chi connectivity index (χ1v) is 11.5. The summed E-state index contributed by atoms with van der Waals surface area (Å²) in [6.07, 6.45) is 0. The Bertz CT molecular complexity index is 941. The molecule has 0 saturated carbocycles. The number of nitrogens with one attached hydrogen (secondary N) is 3. The monoisotopic (exact) mass is 432 g/mol. The zero-order valence-electron chi connectivity index (χ0n) is 18.2. The summed E-state index contributed by atoms with van der Waals surface area (Å²) >= 11 is 0. The number of benzene rings is 2. The number of aryl methyl sites for hydroxylation is 2. The molecule has 0 heterocycles. The lowest BCUT2D eigenvalue weighted by Crippen LogP contribution is -2.36. The van der Waals surface area contributed by atoms with Crippen molar-refractivity contribution >= 4 is 16.0 Å². The highest BCUT2D eigenvalue weighted by Gasteiger charge is 2.12. The fourth-order valence-electron chi connectivity index (χ4n) is 2.87. The van der Waals surface area contributed by atoms with Gasteiger partial charge in [0.15, 0.2) is 5.96 Å². The van der Waals surface area contributed by atoms with Crippen LogP contribution in [-0.2, 0) is 27.8 Å². The molecule has 0 bridgehead atoms. The maximum absolute atomic E-state index is 12.2. The molecule has 0 radical (unpaired) electrons. The fourth-order valence-corrected chi connectivity index (χ4v) is 3.88. The van der Waals surface area contributed by atoms with E-state index in [0.29, 0.717) is 19.7 Å². The van der Waals surface area contributed by atoms with Gasteiger partial charge in [-0.2, -0.15) is 0 Å². The van der Waals surface area contributed by atoms with Crippen molar-refractivity contribution in [3.8, 4) is 0 Å². The third-order valence-electron chi connectivity index (χ3n) is 4.54. The first-order chi connectivity index (χ1) is 14.4. The van der Waals surface area contributed by atoms with Gasteiger partial charge in [0.25, 0.3) is 0 Å². The van der Waals surface area contributed by atoms with Gasteiger partial charge in [-0.1, -0.05) is 35.9 Å². The van der Waals surface area contributed by atoms with E-state index in [9.17, 15) is 8.42 Å². The van der Waals surface area contributed by atoms with E-state index in [2.05, 4.69) is 52.4 Å². The molecule has 7 nitrogen and oxygen atoms in total. The number of rotatable bonds is 10. The van der Waals surface area contributed by atoms with Crippen molar-refractivity contribution in [1.29, 1.82) is 0 Å². The van der Waals surface area contributed by atoms with Crippen LogP contribution in [0.25, 0.3) is 0 Å². The van der Waals surface area contributed by atoms with Crippen molar-refractivity contribution in [3.05, 3.63) is 64.7 Å². The Morgan fingerprint density at radius 2 is 1.80 bits per heavy atom. The van der Waals surface area contributed by atoms with Crippen LogP contribution >= 0.6 is 0 Å². The zero-order valence-corrected chi connectivity index (χ0v) is 19.0. The Balaban J connectivity index is 2.00. The molecule has 8 heteroatoms. The largest absolute Gasteiger partial charge is 0.383 e. The summed E-state index contributed by atoms with van der Waals surface area (Å²) in [6.45, 7) is 8.66. The van der Waals surface area contributed by atoms with Crippen molar-refractivity contribution < 1.29 is 13.2 Å². The van der Waals surface area contributed by atoms with Crippen molar-refractivity contribution in [1.82, 2.24) is 15.4 Å². The molecule has 0 saturated heterocycles. The van der Waals surface area contributed by atoms with E-state index in [-0.39, 0.29) is 11.4 Å². The minimum atomic E-state index is -3.53. The Kier molecular flexibility index (Phi) is 9.29. The summed E-state index contributed by atoms with van der Waals surface area (Å²) in [4.78, 5) is 4.84. The lowest BCUT2D eigenvalue weighted by atomic mass is 10.1. The normalized spacial score (nSPS) is 12.1. The predicted octanol–water partition coefficient (Wildman–Crippen LogP) is 2.48. The number of nitrogens with zero attached hydrogens (tertiary/aromatic N) is 1. The van der Waals surface area contributed by atoms with Gasteiger partial charge in [0.2, 0.25) is 10.0 Å². The Morgan fingerprint density at radius 1 is 1.07 bits per heavy atom. The Labute approximate surface area is 180 Å². The lowest BCUT2D eigenvalue weighted by molar-refractivity contribution is 0.204.